The van der Waals surface area contributed by atoms with Gasteiger partial charge in [-0.25, -0.2) is 4.98 Å². The number of aromatic amines is 1. The lowest BCUT2D eigenvalue weighted by molar-refractivity contribution is 0.686. The Bertz CT molecular complexity index is 516. The van der Waals surface area contributed by atoms with E-state index in [0.29, 0.717) is 5.28 Å². The molecule has 0 spiro atoms. The summed E-state index contributed by atoms with van der Waals surface area (Å²) in [5, 5.41) is 0.452. The molecule has 0 saturated heterocycles. The van der Waals surface area contributed by atoms with Crippen LogP contribution in [0, 0.1) is 0 Å². The lowest BCUT2D eigenvalue weighted by Crippen LogP contribution is -2.02. The average Bonchev–Trinajstić information content (AvgIpc) is 2.75. The largest absolute Gasteiger partial charge is 0.329 e. The van der Waals surface area contributed by atoms with Crippen molar-refractivity contribution in [2.24, 2.45) is 0 Å². The maximum atomic E-state index is 5.79. The van der Waals surface area contributed by atoms with Crippen LogP contribution in [-0.4, -0.2) is 9.97 Å². The molecule has 1 aromatic carbocycles. The van der Waals surface area contributed by atoms with Crippen LogP contribution in [0.2, 0.25) is 5.28 Å². The highest BCUT2D eigenvalue weighted by atomic mass is 35.5. The topological polar surface area (TPSA) is 28.7 Å². The molecule has 0 amide bonds. The van der Waals surface area contributed by atoms with Crippen LogP contribution in [0.1, 0.15) is 24.0 Å². The van der Waals surface area contributed by atoms with E-state index < -0.39 is 0 Å². The first-order chi connectivity index (χ1) is 7.83. The third-order valence-corrected chi connectivity index (χ3v) is 3.40. The zero-order chi connectivity index (χ0) is 11.0. The molecule has 82 valence electrons. The Kier molecular flexibility index (Phi) is 2.44. The van der Waals surface area contributed by atoms with Gasteiger partial charge in [0.15, 0.2) is 5.28 Å². The van der Waals surface area contributed by atoms with Crippen molar-refractivity contribution >= 4 is 11.6 Å². The first-order valence-electron chi connectivity index (χ1n) is 5.65. The first-order valence-corrected chi connectivity index (χ1v) is 6.03. The number of benzene rings is 1. The molecule has 0 radical (unpaired) electrons. The molecule has 0 bridgehead atoms. The van der Waals surface area contributed by atoms with Gasteiger partial charge in [0.05, 0.1) is 11.9 Å². The summed E-state index contributed by atoms with van der Waals surface area (Å²) >= 11 is 5.79. The van der Waals surface area contributed by atoms with Crippen molar-refractivity contribution in [3.63, 3.8) is 0 Å². The van der Waals surface area contributed by atoms with Gasteiger partial charge in [-0.05, 0) is 60.0 Å². The summed E-state index contributed by atoms with van der Waals surface area (Å²) in [6, 6.07) is 6.64. The van der Waals surface area contributed by atoms with Gasteiger partial charge < -0.3 is 4.98 Å². The number of hydrogen-bond acceptors (Lipinski definition) is 1. The van der Waals surface area contributed by atoms with Crippen molar-refractivity contribution in [2.75, 3.05) is 0 Å². The van der Waals surface area contributed by atoms with Crippen LogP contribution in [0.3, 0.4) is 0 Å². The zero-order valence-electron chi connectivity index (χ0n) is 8.96. The highest BCUT2D eigenvalue weighted by molar-refractivity contribution is 6.28. The summed E-state index contributed by atoms with van der Waals surface area (Å²) in [6.45, 7) is 0. The number of nitrogens with one attached hydrogen (secondary N) is 1. The van der Waals surface area contributed by atoms with Crippen molar-refractivity contribution in [1.82, 2.24) is 9.97 Å². The fraction of sp³-hybridized carbons (Fsp3) is 0.308. The maximum absolute atomic E-state index is 5.79. The van der Waals surface area contributed by atoms with Gasteiger partial charge in [-0.1, -0.05) is 12.1 Å². The molecule has 0 fully saturated rings. The molecule has 0 atom stereocenters. The maximum Gasteiger partial charge on any atom is 0.200 e. The van der Waals surface area contributed by atoms with E-state index in [9.17, 15) is 0 Å². The van der Waals surface area contributed by atoms with Gasteiger partial charge in [0.25, 0.3) is 0 Å². The molecule has 1 heterocycles. The zero-order valence-corrected chi connectivity index (χ0v) is 9.72. The standard InChI is InChI=1S/C13H13ClN2/c14-13-15-8-12(16-13)11-6-5-9-3-1-2-4-10(9)7-11/h5-8H,1-4H2,(H,15,16). The predicted octanol–water partition coefficient (Wildman–Crippen LogP) is 3.61. The average molecular weight is 233 g/mol. The fourth-order valence-corrected chi connectivity index (χ4v) is 2.50. The Morgan fingerprint density at radius 1 is 1.12 bits per heavy atom. The minimum atomic E-state index is 0.452. The van der Waals surface area contributed by atoms with Crippen LogP contribution >= 0.6 is 11.6 Å². The monoisotopic (exact) mass is 232 g/mol. The van der Waals surface area contributed by atoms with E-state index in [1.54, 1.807) is 6.20 Å². The summed E-state index contributed by atoms with van der Waals surface area (Å²) in [5.74, 6) is 0. The van der Waals surface area contributed by atoms with Gasteiger partial charge in [-0.15, -0.1) is 0 Å². The predicted molar refractivity (Wildman–Crippen MR) is 65.7 cm³/mol. The van der Waals surface area contributed by atoms with Crippen LogP contribution in [0.15, 0.2) is 24.4 Å². The van der Waals surface area contributed by atoms with Gasteiger partial charge in [0, 0.05) is 0 Å². The number of aryl methyl sites for hydroxylation is 2. The molecule has 3 heteroatoms. The summed E-state index contributed by atoms with van der Waals surface area (Å²) in [4.78, 5) is 7.07. The number of fused-ring (bicyclic) bond motifs is 1. The molecular formula is C13H13ClN2. The van der Waals surface area contributed by atoms with Gasteiger partial charge in [0.1, 0.15) is 0 Å². The smallest absolute Gasteiger partial charge is 0.200 e. The summed E-state index contributed by atoms with van der Waals surface area (Å²) in [7, 11) is 0. The van der Waals surface area contributed by atoms with E-state index in [1.807, 2.05) is 0 Å². The van der Waals surface area contributed by atoms with E-state index in [1.165, 1.54) is 42.4 Å². The molecule has 1 aliphatic carbocycles. The van der Waals surface area contributed by atoms with Crippen LogP contribution < -0.4 is 0 Å². The Labute approximate surface area is 99.7 Å². The van der Waals surface area contributed by atoms with Crippen LogP contribution in [0.5, 0.6) is 0 Å². The number of halogens is 1. The second kappa shape index (κ2) is 3.95. The highest BCUT2D eigenvalue weighted by Crippen LogP contribution is 2.26. The molecule has 1 aromatic heterocycles. The fourth-order valence-electron chi connectivity index (χ4n) is 2.34. The van der Waals surface area contributed by atoms with Gasteiger partial charge in [-0.3, -0.25) is 0 Å². The van der Waals surface area contributed by atoms with Crippen molar-refractivity contribution in [3.05, 3.63) is 40.8 Å². The molecule has 3 rings (SSSR count). The van der Waals surface area contributed by atoms with E-state index in [-0.39, 0.29) is 0 Å². The molecular weight excluding hydrogens is 220 g/mol. The molecule has 0 unspecified atom stereocenters. The minimum absolute atomic E-state index is 0.452. The third-order valence-electron chi connectivity index (χ3n) is 3.20. The Morgan fingerprint density at radius 3 is 2.69 bits per heavy atom. The normalized spacial score (nSPS) is 14.8. The van der Waals surface area contributed by atoms with Crippen molar-refractivity contribution in [3.8, 4) is 11.3 Å². The number of rotatable bonds is 1. The minimum Gasteiger partial charge on any atom is -0.329 e. The number of imidazole rings is 1. The van der Waals surface area contributed by atoms with Gasteiger partial charge in [0.2, 0.25) is 0 Å². The number of hydrogen-bond donors (Lipinski definition) is 1. The van der Waals surface area contributed by atoms with Gasteiger partial charge in [-0.2, -0.15) is 0 Å². The first kappa shape index (κ1) is 9.91. The van der Waals surface area contributed by atoms with Crippen molar-refractivity contribution < 1.29 is 0 Å². The molecule has 1 N–H and O–H groups in total. The van der Waals surface area contributed by atoms with E-state index in [2.05, 4.69) is 28.2 Å². The summed E-state index contributed by atoms with van der Waals surface area (Å²) < 4.78 is 0. The molecule has 0 saturated carbocycles. The highest BCUT2D eigenvalue weighted by Gasteiger charge is 2.10. The summed E-state index contributed by atoms with van der Waals surface area (Å²) in [6.07, 6.45) is 6.83. The number of aromatic nitrogens is 2. The van der Waals surface area contributed by atoms with Crippen molar-refractivity contribution in [1.29, 1.82) is 0 Å². The lowest BCUT2D eigenvalue weighted by Gasteiger charge is -2.16. The van der Waals surface area contributed by atoms with Crippen molar-refractivity contribution in [2.45, 2.75) is 25.7 Å². The summed E-state index contributed by atoms with van der Waals surface area (Å²) in [5.41, 5.74) is 5.16. The molecule has 0 aliphatic heterocycles. The van der Waals surface area contributed by atoms with E-state index >= 15 is 0 Å². The van der Waals surface area contributed by atoms with Gasteiger partial charge >= 0.3 is 0 Å². The van der Waals surface area contributed by atoms with Crippen LogP contribution in [0.4, 0.5) is 0 Å². The molecule has 1 aliphatic rings. The number of H-pyrrole nitrogens is 1. The van der Waals surface area contributed by atoms with E-state index in [0.717, 1.165) is 5.69 Å². The SMILES string of the molecule is Clc1ncc(-c2ccc3c(c2)CCCC3)[nH]1. The van der Waals surface area contributed by atoms with Crippen LogP contribution in [-0.2, 0) is 12.8 Å². The molecule has 16 heavy (non-hydrogen) atoms. The number of nitrogens with zero attached hydrogens (tertiary/aromatic N) is 1. The molecule has 2 nitrogen and oxygen atoms in total. The quantitative estimate of drug-likeness (QED) is 0.800. The Balaban J connectivity index is 2.02. The molecule has 2 aromatic rings. The van der Waals surface area contributed by atoms with E-state index in [4.69, 9.17) is 11.6 Å². The second-order valence-corrected chi connectivity index (χ2v) is 4.64. The second-order valence-electron chi connectivity index (χ2n) is 4.28. The lowest BCUT2D eigenvalue weighted by atomic mass is 9.90. The van der Waals surface area contributed by atoms with Crippen LogP contribution in [0.25, 0.3) is 11.3 Å². The third kappa shape index (κ3) is 1.74. The Hall–Kier alpha value is -1.28. The Morgan fingerprint density at radius 2 is 1.94 bits per heavy atom.